The zero-order valence-corrected chi connectivity index (χ0v) is 11.2. The third kappa shape index (κ3) is 2.93. The molecule has 0 N–H and O–H groups in total. The van der Waals surface area contributed by atoms with Crippen molar-refractivity contribution in [2.45, 2.75) is 33.6 Å². The van der Waals surface area contributed by atoms with E-state index < -0.39 is 0 Å². The zero-order chi connectivity index (χ0) is 12.8. The van der Waals surface area contributed by atoms with E-state index in [0.29, 0.717) is 5.92 Å². The van der Waals surface area contributed by atoms with Crippen LogP contribution in [0.4, 0.5) is 0 Å². The minimum atomic E-state index is 0.406. The molecule has 0 radical (unpaired) electrons. The third-order valence-electron chi connectivity index (χ3n) is 2.42. The number of hydrogen-bond acceptors (Lipinski definition) is 3. The van der Waals surface area contributed by atoms with Crippen LogP contribution in [-0.2, 0) is 0 Å². The van der Waals surface area contributed by atoms with Crippen LogP contribution in [0.1, 0.15) is 39.3 Å². The van der Waals surface area contributed by atoms with Crippen molar-refractivity contribution < 1.29 is 4.74 Å². The van der Waals surface area contributed by atoms with Crippen molar-refractivity contribution in [3.63, 3.8) is 0 Å². The molecule has 0 amide bonds. The van der Waals surface area contributed by atoms with Crippen LogP contribution in [0.15, 0.2) is 24.5 Å². The van der Waals surface area contributed by atoms with Gasteiger partial charge in [0.2, 0.25) is 0 Å². The molecule has 0 aliphatic rings. The Kier molecular flexibility index (Phi) is 4.88. The molecule has 0 spiro atoms. The average molecular weight is 232 g/mol. The highest BCUT2D eigenvalue weighted by Crippen LogP contribution is 2.24. The van der Waals surface area contributed by atoms with Gasteiger partial charge in [0.1, 0.15) is 12.1 Å². The minimum absolute atomic E-state index is 0.406. The summed E-state index contributed by atoms with van der Waals surface area (Å²) < 4.78 is 5.16. The predicted molar refractivity (Wildman–Crippen MR) is 71.5 cm³/mol. The summed E-state index contributed by atoms with van der Waals surface area (Å²) in [6, 6.07) is 5.89. The molecule has 2 rings (SSSR count). The van der Waals surface area contributed by atoms with Crippen molar-refractivity contribution in [2.75, 3.05) is 7.11 Å². The van der Waals surface area contributed by atoms with Crippen LogP contribution >= 0.6 is 0 Å². The number of methoxy groups -OCH3 is 1. The molecule has 3 heteroatoms. The summed E-state index contributed by atoms with van der Waals surface area (Å²) in [7, 11) is 1.66. The number of nitrogens with zero attached hydrogens (tertiary/aromatic N) is 2. The monoisotopic (exact) mass is 232 g/mol. The molecule has 1 aromatic heterocycles. The minimum Gasteiger partial charge on any atom is -0.497 e. The van der Waals surface area contributed by atoms with Crippen molar-refractivity contribution >= 4 is 10.9 Å². The van der Waals surface area contributed by atoms with Gasteiger partial charge in [0.05, 0.1) is 18.3 Å². The van der Waals surface area contributed by atoms with Crippen LogP contribution in [0.2, 0.25) is 0 Å². The van der Waals surface area contributed by atoms with Crippen molar-refractivity contribution in [1.29, 1.82) is 0 Å². The van der Waals surface area contributed by atoms with Gasteiger partial charge < -0.3 is 4.74 Å². The van der Waals surface area contributed by atoms with E-state index in [4.69, 9.17) is 4.74 Å². The number of aromatic nitrogens is 2. The van der Waals surface area contributed by atoms with E-state index in [2.05, 4.69) is 23.8 Å². The fourth-order valence-corrected chi connectivity index (χ4v) is 1.64. The number of ether oxygens (including phenoxy) is 1. The molecule has 0 unspecified atom stereocenters. The van der Waals surface area contributed by atoms with Crippen molar-refractivity contribution in [2.24, 2.45) is 0 Å². The summed E-state index contributed by atoms with van der Waals surface area (Å²) in [5.41, 5.74) is 2.02. The average Bonchev–Trinajstić information content (AvgIpc) is 2.39. The highest BCUT2D eigenvalue weighted by molar-refractivity contribution is 5.82. The highest BCUT2D eigenvalue weighted by atomic mass is 16.5. The second-order valence-corrected chi connectivity index (χ2v) is 3.80. The third-order valence-corrected chi connectivity index (χ3v) is 2.42. The first-order valence-corrected chi connectivity index (χ1v) is 6.01. The first-order valence-electron chi connectivity index (χ1n) is 6.01. The standard InChI is InChI=1S/C12H14N2O.C2H6/c1-8(2)12-10-5-4-9(15-3)6-11(10)13-7-14-12;1-2/h4-8H,1-3H3;1-2H3. The zero-order valence-electron chi connectivity index (χ0n) is 11.2. The summed E-state index contributed by atoms with van der Waals surface area (Å²) >= 11 is 0. The van der Waals surface area contributed by atoms with Gasteiger partial charge in [-0.15, -0.1) is 0 Å². The molecule has 17 heavy (non-hydrogen) atoms. The van der Waals surface area contributed by atoms with E-state index in [1.807, 2.05) is 32.0 Å². The Bertz CT molecular complexity index is 481. The molecule has 3 nitrogen and oxygen atoms in total. The molecule has 0 aliphatic heterocycles. The molecule has 1 heterocycles. The van der Waals surface area contributed by atoms with Gasteiger partial charge in [-0.3, -0.25) is 0 Å². The van der Waals surface area contributed by atoms with Gasteiger partial charge in [-0.1, -0.05) is 27.7 Å². The molecule has 0 aliphatic carbocycles. The largest absolute Gasteiger partial charge is 0.497 e. The molecule has 0 saturated carbocycles. The van der Waals surface area contributed by atoms with Crippen LogP contribution in [0.3, 0.4) is 0 Å². The Hall–Kier alpha value is -1.64. The summed E-state index contributed by atoms with van der Waals surface area (Å²) in [5.74, 6) is 1.24. The molecule has 2 aromatic rings. The lowest BCUT2D eigenvalue weighted by atomic mass is 10.0. The quantitative estimate of drug-likeness (QED) is 0.790. The normalized spacial score (nSPS) is 10.0. The Balaban J connectivity index is 0.000000686. The number of benzene rings is 1. The topological polar surface area (TPSA) is 35.0 Å². The van der Waals surface area contributed by atoms with E-state index in [9.17, 15) is 0 Å². The van der Waals surface area contributed by atoms with Crippen molar-refractivity contribution in [3.05, 3.63) is 30.2 Å². The van der Waals surface area contributed by atoms with E-state index in [-0.39, 0.29) is 0 Å². The maximum atomic E-state index is 5.16. The lowest BCUT2D eigenvalue weighted by Gasteiger charge is -2.08. The summed E-state index contributed by atoms with van der Waals surface area (Å²) in [4.78, 5) is 8.55. The molecule has 0 fully saturated rings. The van der Waals surface area contributed by atoms with Gasteiger partial charge >= 0.3 is 0 Å². The van der Waals surface area contributed by atoms with Gasteiger partial charge in [0.15, 0.2) is 0 Å². The fraction of sp³-hybridized carbons (Fsp3) is 0.429. The smallest absolute Gasteiger partial charge is 0.121 e. The summed E-state index contributed by atoms with van der Waals surface area (Å²) in [6.07, 6.45) is 1.61. The SMILES string of the molecule is CC.COc1ccc2c(C(C)C)ncnc2c1. The first-order chi connectivity index (χ1) is 8.22. The summed E-state index contributed by atoms with van der Waals surface area (Å²) in [6.45, 7) is 8.26. The maximum Gasteiger partial charge on any atom is 0.121 e. The van der Waals surface area contributed by atoms with Gasteiger partial charge in [0, 0.05) is 11.5 Å². The number of hydrogen-bond donors (Lipinski definition) is 0. The number of fused-ring (bicyclic) bond motifs is 1. The highest BCUT2D eigenvalue weighted by Gasteiger charge is 2.07. The van der Waals surface area contributed by atoms with Gasteiger partial charge in [-0.25, -0.2) is 9.97 Å². The Labute approximate surface area is 103 Å². The van der Waals surface area contributed by atoms with Crippen LogP contribution in [0.25, 0.3) is 10.9 Å². The summed E-state index contributed by atoms with van der Waals surface area (Å²) in [5, 5.41) is 1.10. The Morgan fingerprint density at radius 2 is 1.82 bits per heavy atom. The van der Waals surface area contributed by atoms with Crippen molar-refractivity contribution in [1.82, 2.24) is 9.97 Å². The number of rotatable bonds is 2. The Morgan fingerprint density at radius 3 is 2.41 bits per heavy atom. The molecular formula is C14H20N2O. The fourth-order valence-electron chi connectivity index (χ4n) is 1.64. The molecule has 0 saturated heterocycles. The van der Waals surface area contributed by atoms with Crippen LogP contribution in [0, 0.1) is 0 Å². The molecule has 92 valence electrons. The maximum absolute atomic E-state index is 5.16. The molecule has 0 bridgehead atoms. The lowest BCUT2D eigenvalue weighted by molar-refractivity contribution is 0.415. The Morgan fingerprint density at radius 1 is 1.12 bits per heavy atom. The molecule has 1 aromatic carbocycles. The van der Waals surface area contributed by atoms with E-state index in [0.717, 1.165) is 22.3 Å². The molecular weight excluding hydrogens is 212 g/mol. The van der Waals surface area contributed by atoms with E-state index in [1.54, 1.807) is 13.4 Å². The molecule has 0 atom stereocenters. The first kappa shape index (κ1) is 13.4. The van der Waals surface area contributed by atoms with Gasteiger partial charge in [-0.05, 0) is 18.1 Å². The van der Waals surface area contributed by atoms with E-state index in [1.165, 1.54) is 0 Å². The predicted octanol–water partition coefficient (Wildman–Crippen LogP) is 3.79. The van der Waals surface area contributed by atoms with Crippen molar-refractivity contribution in [3.8, 4) is 5.75 Å². The van der Waals surface area contributed by atoms with E-state index >= 15 is 0 Å². The van der Waals surface area contributed by atoms with Gasteiger partial charge in [0.25, 0.3) is 0 Å². The van der Waals surface area contributed by atoms with Crippen LogP contribution in [0.5, 0.6) is 5.75 Å². The van der Waals surface area contributed by atoms with Crippen LogP contribution in [-0.4, -0.2) is 17.1 Å². The second-order valence-electron chi connectivity index (χ2n) is 3.80. The van der Waals surface area contributed by atoms with Gasteiger partial charge in [-0.2, -0.15) is 0 Å². The van der Waals surface area contributed by atoms with Crippen LogP contribution < -0.4 is 4.74 Å². The second kappa shape index (κ2) is 6.18. The lowest BCUT2D eigenvalue weighted by Crippen LogP contribution is -1.96.